The first-order valence-corrected chi connectivity index (χ1v) is 7.86. The Morgan fingerprint density at radius 2 is 2.00 bits per heavy atom. The van der Waals surface area contributed by atoms with Gasteiger partial charge in [0.1, 0.15) is 24.2 Å². The third-order valence-corrected chi connectivity index (χ3v) is 3.42. The summed E-state index contributed by atoms with van der Waals surface area (Å²) in [5.41, 5.74) is -0.00683. The standard InChI is InChI=1S/C15H25NO3S.ClH/c1-15(2,3)16-9-11(17)10-19-12-6-7-13(18-4)14(8-12)20-5;/h6-8,11,16-17H,9-10H2,1-5H3;1H. The Balaban J connectivity index is 0.00000400. The van der Waals surface area contributed by atoms with Crippen molar-refractivity contribution in [3.05, 3.63) is 18.2 Å². The molecule has 1 atom stereocenters. The van der Waals surface area contributed by atoms with Gasteiger partial charge < -0.3 is 19.9 Å². The number of rotatable bonds is 7. The van der Waals surface area contributed by atoms with Crippen LogP contribution in [-0.2, 0) is 0 Å². The van der Waals surface area contributed by atoms with Gasteiger partial charge >= 0.3 is 0 Å². The first-order valence-electron chi connectivity index (χ1n) is 6.63. The van der Waals surface area contributed by atoms with Crippen LogP contribution in [0.4, 0.5) is 0 Å². The summed E-state index contributed by atoms with van der Waals surface area (Å²) in [6.45, 7) is 6.97. The molecule has 6 heteroatoms. The zero-order chi connectivity index (χ0) is 15.2. The highest BCUT2D eigenvalue weighted by atomic mass is 35.5. The minimum atomic E-state index is -0.533. The van der Waals surface area contributed by atoms with Gasteiger partial charge in [-0.1, -0.05) is 0 Å². The number of ether oxygens (including phenoxy) is 2. The molecule has 0 heterocycles. The zero-order valence-corrected chi connectivity index (χ0v) is 14.9. The molecule has 1 unspecified atom stereocenters. The molecule has 122 valence electrons. The summed E-state index contributed by atoms with van der Waals surface area (Å²) in [5.74, 6) is 1.57. The van der Waals surface area contributed by atoms with Crippen LogP contribution in [0.5, 0.6) is 11.5 Å². The van der Waals surface area contributed by atoms with E-state index < -0.39 is 6.10 Å². The van der Waals surface area contributed by atoms with E-state index in [1.807, 2.05) is 24.5 Å². The molecule has 0 saturated heterocycles. The lowest BCUT2D eigenvalue weighted by Gasteiger charge is -2.23. The lowest BCUT2D eigenvalue weighted by atomic mass is 10.1. The molecule has 0 saturated carbocycles. The molecule has 21 heavy (non-hydrogen) atoms. The first-order chi connectivity index (χ1) is 9.35. The van der Waals surface area contributed by atoms with E-state index in [9.17, 15) is 5.11 Å². The maximum Gasteiger partial charge on any atom is 0.132 e. The van der Waals surface area contributed by atoms with Crippen molar-refractivity contribution in [3.63, 3.8) is 0 Å². The summed E-state index contributed by atoms with van der Waals surface area (Å²) in [6, 6.07) is 5.65. The van der Waals surface area contributed by atoms with Crippen molar-refractivity contribution in [1.82, 2.24) is 5.32 Å². The Hall–Kier alpha value is -0.620. The monoisotopic (exact) mass is 335 g/mol. The topological polar surface area (TPSA) is 50.7 Å². The van der Waals surface area contributed by atoms with Gasteiger partial charge in [-0.05, 0) is 45.2 Å². The molecule has 4 nitrogen and oxygen atoms in total. The van der Waals surface area contributed by atoms with Crippen LogP contribution in [0.15, 0.2) is 23.1 Å². The summed E-state index contributed by atoms with van der Waals surface area (Å²) in [7, 11) is 1.65. The molecule has 0 aliphatic heterocycles. The zero-order valence-electron chi connectivity index (χ0n) is 13.3. The predicted octanol–water partition coefficient (Wildman–Crippen LogP) is 2.97. The molecule has 0 fully saturated rings. The van der Waals surface area contributed by atoms with Crippen LogP contribution in [0.2, 0.25) is 0 Å². The second kappa shape index (κ2) is 9.41. The van der Waals surface area contributed by atoms with E-state index in [1.54, 1.807) is 18.9 Å². The molecule has 0 bridgehead atoms. The van der Waals surface area contributed by atoms with Gasteiger partial charge in [0.15, 0.2) is 0 Å². The van der Waals surface area contributed by atoms with E-state index in [1.165, 1.54) is 0 Å². The largest absolute Gasteiger partial charge is 0.496 e. The van der Waals surface area contributed by atoms with Crippen LogP contribution in [0.3, 0.4) is 0 Å². The van der Waals surface area contributed by atoms with E-state index in [0.717, 1.165) is 16.4 Å². The van der Waals surface area contributed by atoms with Crippen LogP contribution in [0.25, 0.3) is 0 Å². The van der Waals surface area contributed by atoms with Crippen molar-refractivity contribution in [2.45, 2.75) is 37.3 Å². The Kier molecular flexibility index (Phi) is 9.13. The lowest BCUT2D eigenvalue weighted by molar-refractivity contribution is 0.0999. The van der Waals surface area contributed by atoms with Crippen LogP contribution < -0.4 is 14.8 Å². The molecule has 1 aromatic carbocycles. The Morgan fingerprint density at radius 1 is 1.33 bits per heavy atom. The molecular formula is C15H26ClNO3S. The fourth-order valence-corrected chi connectivity index (χ4v) is 2.17. The number of hydrogen-bond acceptors (Lipinski definition) is 5. The number of thioether (sulfide) groups is 1. The summed E-state index contributed by atoms with van der Waals surface area (Å²) in [4.78, 5) is 1.02. The molecular weight excluding hydrogens is 310 g/mol. The number of methoxy groups -OCH3 is 1. The molecule has 1 aromatic rings. The SMILES string of the molecule is COc1ccc(OCC(O)CNC(C)(C)C)cc1SC.Cl. The molecule has 1 rings (SSSR count). The Labute approximate surface area is 138 Å². The molecule has 0 aliphatic carbocycles. The third kappa shape index (κ3) is 7.81. The first kappa shape index (κ1) is 20.4. The van der Waals surface area contributed by atoms with E-state index in [4.69, 9.17) is 9.47 Å². The number of aliphatic hydroxyl groups is 1. The molecule has 0 aliphatic rings. The van der Waals surface area contributed by atoms with Gasteiger partial charge in [0.25, 0.3) is 0 Å². The van der Waals surface area contributed by atoms with Crippen LogP contribution >= 0.6 is 24.2 Å². The van der Waals surface area contributed by atoms with Crippen LogP contribution in [0, 0.1) is 0 Å². The summed E-state index contributed by atoms with van der Waals surface area (Å²) >= 11 is 1.60. The molecule has 0 spiro atoms. The normalized spacial score (nSPS) is 12.5. The highest BCUT2D eigenvalue weighted by Crippen LogP contribution is 2.31. The van der Waals surface area contributed by atoms with E-state index in [0.29, 0.717) is 6.54 Å². The Morgan fingerprint density at radius 3 is 2.52 bits per heavy atom. The third-order valence-electron chi connectivity index (χ3n) is 2.67. The van der Waals surface area contributed by atoms with Gasteiger partial charge in [-0.15, -0.1) is 24.2 Å². The van der Waals surface area contributed by atoms with E-state index in [2.05, 4.69) is 26.1 Å². The number of nitrogens with one attached hydrogen (secondary N) is 1. The van der Waals surface area contributed by atoms with Gasteiger partial charge in [-0.3, -0.25) is 0 Å². The average Bonchev–Trinajstić information content (AvgIpc) is 2.41. The number of halogens is 1. The van der Waals surface area contributed by atoms with Crippen LogP contribution in [0.1, 0.15) is 20.8 Å². The second-order valence-corrected chi connectivity index (χ2v) is 6.46. The second-order valence-electron chi connectivity index (χ2n) is 5.61. The highest BCUT2D eigenvalue weighted by Gasteiger charge is 2.13. The van der Waals surface area contributed by atoms with Gasteiger partial charge in [0, 0.05) is 12.1 Å². The number of aliphatic hydroxyl groups excluding tert-OH is 1. The van der Waals surface area contributed by atoms with Gasteiger partial charge in [-0.25, -0.2) is 0 Å². The van der Waals surface area contributed by atoms with Gasteiger partial charge in [0.2, 0.25) is 0 Å². The minimum absolute atomic E-state index is 0. The number of β-amino-alcohol motifs (C(OH)–C–C–N with tert-alkyl or cyclic N) is 1. The Bertz CT molecular complexity index is 424. The van der Waals surface area contributed by atoms with Crippen molar-refractivity contribution >= 4 is 24.2 Å². The average molecular weight is 336 g/mol. The molecule has 0 amide bonds. The maximum absolute atomic E-state index is 9.88. The lowest BCUT2D eigenvalue weighted by Crippen LogP contribution is -2.42. The van der Waals surface area contributed by atoms with Gasteiger partial charge in [-0.2, -0.15) is 0 Å². The number of benzene rings is 1. The minimum Gasteiger partial charge on any atom is -0.496 e. The highest BCUT2D eigenvalue weighted by molar-refractivity contribution is 7.98. The maximum atomic E-state index is 9.88. The summed E-state index contributed by atoms with van der Waals surface area (Å²) in [5, 5.41) is 13.1. The van der Waals surface area contributed by atoms with E-state index >= 15 is 0 Å². The van der Waals surface area contributed by atoms with Crippen molar-refractivity contribution in [3.8, 4) is 11.5 Å². The van der Waals surface area contributed by atoms with Crippen molar-refractivity contribution in [1.29, 1.82) is 0 Å². The fourth-order valence-electron chi connectivity index (χ4n) is 1.58. The fraction of sp³-hybridized carbons (Fsp3) is 0.600. The summed E-state index contributed by atoms with van der Waals surface area (Å²) < 4.78 is 10.9. The smallest absolute Gasteiger partial charge is 0.132 e. The van der Waals surface area contributed by atoms with Gasteiger partial charge in [0.05, 0.1) is 12.0 Å². The van der Waals surface area contributed by atoms with E-state index in [-0.39, 0.29) is 24.6 Å². The molecule has 2 N–H and O–H groups in total. The predicted molar refractivity (Wildman–Crippen MR) is 91.3 cm³/mol. The molecule has 0 aromatic heterocycles. The van der Waals surface area contributed by atoms with Crippen molar-refractivity contribution in [2.75, 3.05) is 26.5 Å². The van der Waals surface area contributed by atoms with Crippen molar-refractivity contribution < 1.29 is 14.6 Å². The van der Waals surface area contributed by atoms with Crippen LogP contribution in [-0.4, -0.2) is 43.3 Å². The molecule has 0 radical (unpaired) electrons. The summed E-state index contributed by atoms with van der Waals surface area (Å²) in [6.07, 6.45) is 1.46. The van der Waals surface area contributed by atoms with Crippen molar-refractivity contribution in [2.24, 2.45) is 0 Å². The quantitative estimate of drug-likeness (QED) is 0.750. The number of hydrogen-bond donors (Lipinski definition) is 2.